The number of H-pyrrole nitrogens is 1. The van der Waals surface area contributed by atoms with Gasteiger partial charge in [-0.05, 0) is 103 Å². The highest BCUT2D eigenvalue weighted by atomic mass is 35.5. The van der Waals surface area contributed by atoms with Crippen LogP contribution in [0.5, 0.6) is 11.5 Å². The summed E-state index contributed by atoms with van der Waals surface area (Å²) in [5.41, 5.74) is 6.51. The Morgan fingerprint density at radius 3 is 2.55 bits per heavy atom. The number of hydrogen-bond donors (Lipinski definition) is 2. The minimum absolute atomic E-state index is 0.0478. The molecule has 8 aromatic rings. The van der Waals surface area contributed by atoms with Crippen LogP contribution in [0.3, 0.4) is 0 Å². The summed E-state index contributed by atoms with van der Waals surface area (Å²) in [5, 5.41) is 7.11. The molecule has 56 heavy (non-hydrogen) atoms. The molecule has 2 N–H and O–H groups in total. The molecular formula is C44H35Cl2N3O5S2. The summed E-state index contributed by atoms with van der Waals surface area (Å²) >= 11 is 14.4. The summed E-state index contributed by atoms with van der Waals surface area (Å²) in [6.45, 7) is 2.66. The van der Waals surface area contributed by atoms with Gasteiger partial charge < -0.3 is 19.8 Å². The van der Waals surface area contributed by atoms with Gasteiger partial charge in [-0.2, -0.15) is 0 Å². The average Bonchev–Trinajstić information content (AvgIpc) is 3.87. The number of nitrogens with one attached hydrogen (secondary N) is 2. The Kier molecular flexibility index (Phi) is 9.32. The molecule has 5 aromatic carbocycles. The topological polar surface area (TPSA) is 102 Å². The van der Waals surface area contributed by atoms with E-state index in [0.717, 1.165) is 61.9 Å². The number of carbonyl (C=O) groups is 1. The van der Waals surface area contributed by atoms with Gasteiger partial charge in [0, 0.05) is 62.8 Å². The van der Waals surface area contributed by atoms with E-state index < -0.39 is 16.0 Å². The first-order chi connectivity index (χ1) is 27.1. The van der Waals surface area contributed by atoms with Gasteiger partial charge in [-0.15, -0.1) is 11.3 Å². The highest BCUT2D eigenvalue weighted by molar-refractivity contribution is 7.90. The van der Waals surface area contributed by atoms with Gasteiger partial charge in [0.25, 0.3) is 10.0 Å². The Bertz CT molecular complexity index is 2920. The fourth-order valence-corrected chi connectivity index (χ4v) is 10.8. The molecule has 4 heterocycles. The monoisotopic (exact) mass is 819 g/mol. The lowest BCUT2D eigenvalue weighted by Crippen LogP contribution is -2.12. The van der Waals surface area contributed by atoms with Crippen molar-refractivity contribution in [3.05, 3.63) is 152 Å². The summed E-state index contributed by atoms with van der Waals surface area (Å²) in [5.74, 6) is -0.254. The zero-order chi connectivity index (χ0) is 38.7. The van der Waals surface area contributed by atoms with Crippen molar-refractivity contribution in [2.75, 3.05) is 19.0 Å². The van der Waals surface area contributed by atoms with E-state index in [-0.39, 0.29) is 32.2 Å². The second-order valence-corrected chi connectivity index (χ2v) is 17.8. The van der Waals surface area contributed by atoms with Crippen LogP contribution >= 0.6 is 34.5 Å². The van der Waals surface area contributed by atoms with E-state index in [4.69, 9.17) is 32.7 Å². The Morgan fingerprint density at radius 2 is 1.75 bits per heavy atom. The molecular weight excluding hydrogens is 786 g/mol. The Hall–Kier alpha value is -5.26. The number of anilines is 1. The van der Waals surface area contributed by atoms with Crippen LogP contribution in [-0.4, -0.2) is 37.0 Å². The molecule has 282 valence electrons. The average molecular weight is 821 g/mol. The van der Waals surface area contributed by atoms with Crippen LogP contribution in [0.1, 0.15) is 56.2 Å². The molecule has 0 aliphatic carbocycles. The van der Waals surface area contributed by atoms with E-state index >= 15 is 0 Å². The Morgan fingerprint density at radius 1 is 0.946 bits per heavy atom. The summed E-state index contributed by atoms with van der Waals surface area (Å²) in [4.78, 5) is 18.3. The van der Waals surface area contributed by atoms with Gasteiger partial charge in [0.05, 0.1) is 27.6 Å². The number of ether oxygens (including phenoxy) is 2. The molecule has 8 nitrogen and oxygen atoms in total. The number of fused-ring (bicyclic) bond motifs is 5. The number of carbonyl (C=O) groups excluding carboxylic acids is 1. The number of methoxy groups -OCH3 is 1. The molecule has 12 heteroatoms. The maximum absolute atomic E-state index is 14.4. The number of aryl methyl sites for hydroxylation is 1. The van der Waals surface area contributed by atoms with Crippen molar-refractivity contribution in [1.82, 2.24) is 8.96 Å². The van der Waals surface area contributed by atoms with Crippen molar-refractivity contribution in [1.29, 1.82) is 0 Å². The molecule has 0 radical (unpaired) electrons. The summed E-state index contributed by atoms with van der Waals surface area (Å²) in [7, 11) is -2.50. The number of aromatic nitrogens is 2. The lowest BCUT2D eigenvalue weighted by molar-refractivity contribution is 0.0731. The van der Waals surface area contributed by atoms with Crippen LogP contribution in [0.4, 0.5) is 5.69 Å². The SMILES string of the molecule is COc1c(Cl)ccc(Cl)c1C(=O)Oc1ccc2[nH]cc(C3CCCNc4c3ccc3c4c(Cc4cc5ccccc5s4)cn3S(=O)(=O)c3ccc(C)cc3)c2c1. The van der Waals surface area contributed by atoms with E-state index in [0.29, 0.717) is 24.2 Å². The van der Waals surface area contributed by atoms with E-state index in [1.807, 2.05) is 55.6 Å². The second kappa shape index (κ2) is 14.4. The first-order valence-corrected chi connectivity index (χ1v) is 21.2. The van der Waals surface area contributed by atoms with Crippen molar-refractivity contribution in [3.63, 3.8) is 0 Å². The molecule has 3 aromatic heterocycles. The third-order valence-electron chi connectivity index (χ3n) is 10.6. The van der Waals surface area contributed by atoms with Crippen molar-refractivity contribution in [2.24, 2.45) is 0 Å². The van der Waals surface area contributed by atoms with Crippen molar-refractivity contribution in [2.45, 2.75) is 37.0 Å². The van der Waals surface area contributed by atoms with E-state index in [1.165, 1.54) is 27.2 Å². The number of rotatable bonds is 8. The number of hydrogen-bond acceptors (Lipinski definition) is 7. The lowest BCUT2D eigenvalue weighted by atomic mass is 9.86. The Balaban J connectivity index is 1.16. The van der Waals surface area contributed by atoms with Gasteiger partial charge in [-0.1, -0.05) is 65.2 Å². The quantitative estimate of drug-likeness (QED) is 0.117. The molecule has 0 amide bonds. The van der Waals surface area contributed by atoms with Crippen LogP contribution in [-0.2, 0) is 16.4 Å². The van der Waals surface area contributed by atoms with Crippen molar-refractivity contribution >= 4 is 88.1 Å². The molecule has 1 aliphatic heterocycles. The molecule has 1 atom stereocenters. The normalized spacial score (nSPS) is 14.5. The first-order valence-electron chi connectivity index (χ1n) is 18.2. The predicted octanol–water partition coefficient (Wildman–Crippen LogP) is 11.3. The van der Waals surface area contributed by atoms with E-state index in [1.54, 1.807) is 41.8 Å². The zero-order valence-electron chi connectivity index (χ0n) is 30.4. The fourth-order valence-electron chi connectivity index (χ4n) is 7.89. The molecule has 1 unspecified atom stereocenters. The number of benzene rings is 5. The maximum atomic E-state index is 14.4. The summed E-state index contributed by atoms with van der Waals surface area (Å²) < 4.78 is 42.6. The van der Waals surface area contributed by atoms with Gasteiger partial charge in [0.1, 0.15) is 11.3 Å². The fraction of sp³-hybridized carbons (Fsp3) is 0.159. The van der Waals surface area contributed by atoms with Gasteiger partial charge in [0.2, 0.25) is 0 Å². The highest BCUT2D eigenvalue weighted by Gasteiger charge is 2.30. The van der Waals surface area contributed by atoms with Crippen LogP contribution < -0.4 is 14.8 Å². The van der Waals surface area contributed by atoms with E-state index in [2.05, 4.69) is 34.6 Å². The van der Waals surface area contributed by atoms with Crippen LogP contribution in [0.2, 0.25) is 10.0 Å². The van der Waals surface area contributed by atoms with Crippen LogP contribution in [0.25, 0.3) is 31.9 Å². The van der Waals surface area contributed by atoms with Crippen LogP contribution in [0.15, 0.2) is 114 Å². The zero-order valence-corrected chi connectivity index (χ0v) is 33.5. The van der Waals surface area contributed by atoms with Crippen molar-refractivity contribution in [3.8, 4) is 11.5 Å². The minimum atomic E-state index is -3.92. The molecule has 0 saturated carbocycles. The predicted molar refractivity (Wildman–Crippen MR) is 226 cm³/mol. The molecule has 0 spiro atoms. The highest BCUT2D eigenvalue weighted by Crippen LogP contribution is 2.45. The second-order valence-electron chi connectivity index (χ2n) is 14.0. The van der Waals surface area contributed by atoms with Gasteiger partial charge in [0.15, 0.2) is 5.75 Å². The number of esters is 1. The maximum Gasteiger partial charge on any atom is 0.348 e. The minimum Gasteiger partial charge on any atom is -0.494 e. The van der Waals surface area contributed by atoms with Crippen molar-refractivity contribution < 1.29 is 22.7 Å². The number of aromatic amines is 1. The van der Waals surface area contributed by atoms with Crippen LogP contribution in [0, 0.1) is 6.92 Å². The molecule has 0 bridgehead atoms. The number of nitrogens with zero attached hydrogens (tertiary/aromatic N) is 1. The number of thiophene rings is 1. The third-order valence-corrected chi connectivity index (χ3v) is 14.0. The molecule has 0 saturated heterocycles. The summed E-state index contributed by atoms with van der Waals surface area (Å²) in [6, 6.07) is 30.1. The molecule has 0 fully saturated rings. The molecule has 9 rings (SSSR count). The smallest absolute Gasteiger partial charge is 0.348 e. The lowest BCUT2D eigenvalue weighted by Gasteiger charge is -2.19. The van der Waals surface area contributed by atoms with E-state index in [9.17, 15) is 13.2 Å². The number of halogens is 2. The van der Waals surface area contributed by atoms with Gasteiger partial charge >= 0.3 is 5.97 Å². The Labute approximate surface area is 337 Å². The first kappa shape index (κ1) is 36.4. The molecule has 1 aliphatic rings. The standard InChI is InChI=1S/C44H35Cl2N3O5S2/c1-25-9-12-30(13-10-25)56(51,52)49-24-27(21-29-20-26-6-3-4-8-39(26)55-29)40-38(49)18-14-32-31(7-5-19-47-42(32)40)34-23-48-37-17-11-28(22-33(34)37)54-44(50)41-35(45)15-16-36(46)43(41)53-2/h3-4,6,8-18,20,22-24,31,47-48H,5,7,19,21H2,1-2H3. The van der Waals surface area contributed by atoms with Gasteiger partial charge in [-0.3, -0.25) is 0 Å². The largest absolute Gasteiger partial charge is 0.494 e. The summed E-state index contributed by atoms with van der Waals surface area (Å²) in [6.07, 6.45) is 6.11. The third kappa shape index (κ3) is 6.30. The van der Waals surface area contributed by atoms with Gasteiger partial charge in [-0.25, -0.2) is 17.2 Å².